The molecule has 3 aromatic heterocycles. The van der Waals surface area contributed by atoms with Crippen LogP contribution in [0, 0.1) is 11.3 Å². The molecular formula is C26H24N6O2. The number of nitriles is 1. The van der Waals surface area contributed by atoms with Gasteiger partial charge in [0.25, 0.3) is 0 Å². The van der Waals surface area contributed by atoms with Crippen LogP contribution in [0.3, 0.4) is 0 Å². The van der Waals surface area contributed by atoms with Gasteiger partial charge in [0.2, 0.25) is 0 Å². The number of nitrogens with zero attached hydrogens (tertiary/aromatic N) is 5. The van der Waals surface area contributed by atoms with Crippen molar-refractivity contribution in [2.24, 2.45) is 0 Å². The monoisotopic (exact) mass is 452 g/mol. The van der Waals surface area contributed by atoms with Crippen molar-refractivity contribution in [3.8, 4) is 28.8 Å². The van der Waals surface area contributed by atoms with Gasteiger partial charge in [-0.2, -0.15) is 10.4 Å². The number of hydrogen-bond acceptors (Lipinski definition) is 7. The predicted octanol–water partition coefficient (Wildman–Crippen LogP) is 5.31. The van der Waals surface area contributed by atoms with Gasteiger partial charge in [0.1, 0.15) is 22.9 Å². The van der Waals surface area contributed by atoms with Crippen LogP contribution >= 0.6 is 0 Å². The van der Waals surface area contributed by atoms with E-state index < -0.39 is 5.60 Å². The fraction of sp³-hybridized carbons (Fsp3) is 0.231. The first-order valence-corrected chi connectivity index (χ1v) is 11.1. The molecule has 3 heterocycles. The third kappa shape index (κ3) is 4.75. The summed E-state index contributed by atoms with van der Waals surface area (Å²) in [6.45, 7) is 3.39. The van der Waals surface area contributed by atoms with Crippen LogP contribution in [0.2, 0.25) is 0 Å². The van der Waals surface area contributed by atoms with E-state index in [1.165, 1.54) is 0 Å². The van der Waals surface area contributed by atoms with E-state index in [0.717, 1.165) is 29.8 Å². The Labute approximate surface area is 197 Å². The fourth-order valence-corrected chi connectivity index (χ4v) is 3.54. The lowest BCUT2D eigenvalue weighted by Crippen LogP contribution is -2.17. The molecule has 0 spiro atoms. The van der Waals surface area contributed by atoms with Gasteiger partial charge in [0.05, 0.1) is 29.6 Å². The van der Waals surface area contributed by atoms with E-state index >= 15 is 0 Å². The van der Waals surface area contributed by atoms with Gasteiger partial charge in [-0.3, -0.25) is 9.67 Å². The van der Waals surface area contributed by atoms with Crippen LogP contribution in [0.25, 0.3) is 11.3 Å². The molecule has 0 radical (unpaired) electrons. The first kappa shape index (κ1) is 21.6. The first-order valence-electron chi connectivity index (χ1n) is 11.1. The Balaban J connectivity index is 1.41. The summed E-state index contributed by atoms with van der Waals surface area (Å²) < 4.78 is 8.21. The standard InChI is InChI=1S/C26H24N6O2/c1-26(2,33)23-13-19(9-11-28-23)30-24-14-21(10-12-29-24)34-22-16-32(20-7-8-20)31-25(22)18-5-3-17(15-27)4-6-18/h3-6,9-14,16,20,33H,7-8H2,1-2H3,(H,28,29,30). The maximum Gasteiger partial charge on any atom is 0.173 e. The molecule has 8 heteroatoms. The molecule has 0 aliphatic heterocycles. The number of pyridine rings is 2. The number of hydrogen-bond donors (Lipinski definition) is 2. The van der Waals surface area contributed by atoms with Gasteiger partial charge >= 0.3 is 0 Å². The number of rotatable bonds is 7. The second-order valence-corrected chi connectivity index (χ2v) is 8.83. The molecule has 0 bridgehead atoms. The lowest BCUT2D eigenvalue weighted by atomic mass is 10.0. The molecule has 1 saturated carbocycles. The van der Waals surface area contributed by atoms with Crippen LogP contribution in [0.15, 0.2) is 67.1 Å². The number of aromatic nitrogens is 4. The van der Waals surface area contributed by atoms with Crippen molar-refractivity contribution >= 4 is 11.5 Å². The zero-order valence-electron chi connectivity index (χ0n) is 18.9. The van der Waals surface area contributed by atoms with E-state index in [4.69, 9.17) is 15.1 Å². The summed E-state index contributed by atoms with van der Waals surface area (Å²) in [5, 5.41) is 27.3. The van der Waals surface area contributed by atoms with Crippen molar-refractivity contribution in [1.29, 1.82) is 5.26 Å². The molecule has 0 unspecified atom stereocenters. The lowest BCUT2D eigenvalue weighted by molar-refractivity contribution is 0.0739. The van der Waals surface area contributed by atoms with E-state index in [1.54, 1.807) is 56.6 Å². The summed E-state index contributed by atoms with van der Waals surface area (Å²) in [7, 11) is 0. The van der Waals surface area contributed by atoms with Crippen LogP contribution in [-0.2, 0) is 5.60 Å². The molecule has 1 aliphatic carbocycles. The van der Waals surface area contributed by atoms with Gasteiger partial charge in [0.15, 0.2) is 5.75 Å². The summed E-state index contributed by atoms with van der Waals surface area (Å²) in [4.78, 5) is 8.62. The topological polar surface area (TPSA) is 109 Å². The zero-order chi connectivity index (χ0) is 23.7. The van der Waals surface area contributed by atoms with Crippen molar-refractivity contribution in [2.45, 2.75) is 38.3 Å². The van der Waals surface area contributed by atoms with Crippen LogP contribution in [0.5, 0.6) is 11.5 Å². The van der Waals surface area contributed by atoms with E-state index in [2.05, 4.69) is 21.4 Å². The number of nitrogens with one attached hydrogen (secondary N) is 1. The summed E-state index contributed by atoms with van der Waals surface area (Å²) >= 11 is 0. The molecule has 0 atom stereocenters. The Morgan fingerprint density at radius 2 is 1.85 bits per heavy atom. The number of ether oxygens (including phenoxy) is 1. The smallest absolute Gasteiger partial charge is 0.173 e. The second kappa shape index (κ2) is 8.61. The Hall–Kier alpha value is -4.22. The van der Waals surface area contributed by atoms with E-state index in [-0.39, 0.29) is 0 Å². The Morgan fingerprint density at radius 3 is 2.56 bits per heavy atom. The van der Waals surface area contributed by atoms with E-state index in [0.29, 0.717) is 34.6 Å². The molecule has 1 aromatic carbocycles. The highest BCUT2D eigenvalue weighted by Gasteiger charge is 2.27. The highest BCUT2D eigenvalue weighted by Crippen LogP contribution is 2.40. The third-order valence-corrected chi connectivity index (χ3v) is 5.53. The Kier molecular flexibility index (Phi) is 5.48. The van der Waals surface area contributed by atoms with Crippen molar-refractivity contribution in [3.05, 3.63) is 78.4 Å². The molecular weight excluding hydrogens is 428 g/mol. The van der Waals surface area contributed by atoms with Crippen LogP contribution in [0.4, 0.5) is 11.5 Å². The number of benzene rings is 1. The highest BCUT2D eigenvalue weighted by molar-refractivity contribution is 5.67. The molecule has 8 nitrogen and oxygen atoms in total. The first-order chi connectivity index (χ1) is 16.4. The average molecular weight is 453 g/mol. The molecule has 34 heavy (non-hydrogen) atoms. The van der Waals surface area contributed by atoms with E-state index in [9.17, 15) is 5.11 Å². The molecule has 0 saturated heterocycles. The maximum atomic E-state index is 10.2. The fourth-order valence-electron chi connectivity index (χ4n) is 3.54. The second-order valence-electron chi connectivity index (χ2n) is 8.83. The highest BCUT2D eigenvalue weighted by atomic mass is 16.5. The molecule has 0 amide bonds. The Bertz CT molecular complexity index is 1360. The normalized spacial score (nSPS) is 13.4. The van der Waals surface area contributed by atoms with Crippen LogP contribution in [0.1, 0.15) is 44.0 Å². The summed E-state index contributed by atoms with van der Waals surface area (Å²) in [6.07, 6.45) is 7.46. The van der Waals surface area contributed by atoms with Crippen molar-refractivity contribution in [1.82, 2.24) is 19.7 Å². The minimum absolute atomic E-state index is 0.404. The summed E-state index contributed by atoms with van der Waals surface area (Å²) in [6, 6.07) is 17.1. The van der Waals surface area contributed by atoms with Crippen molar-refractivity contribution < 1.29 is 9.84 Å². The van der Waals surface area contributed by atoms with Gasteiger partial charge in [-0.05, 0) is 57.0 Å². The van der Waals surface area contributed by atoms with E-state index in [1.807, 2.05) is 29.1 Å². The van der Waals surface area contributed by atoms with Crippen molar-refractivity contribution in [3.63, 3.8) is 0 Å². The molecule has 4 aromatic rings. The minimum Gasteiger partial charge on any atom is -0.453 e. The third-order valence-electron chi connectivity index (χ3n) is 5.53. The molecule has 1 aliphatic rings. The van der Waals surface area contributed by atoms with Crippen LogP contribution in [-0.4, -0.2) is 24.9 Å². The maximum absolute atomic E-state index is 10.2. The number of aliphatic hydroxyl groups is 1. The molecule has 170 valence electrons. The SMILES string of the molecule is CC(C)(O)c1cc(Nc2cc(Oc3cn(C4CC4)nc3-c3ccc(C#N)cc3)ccn2)ccn1. The quantitative estimate of drug-likeness (QED) is 0.391. The predicted molar refractivity (Wildman–Crippen MR) is 128 cm³/mol. The van der Waals surface area contributed by atoms with Gasteiger partial charge in [-0.15, -0.1) is 0 Å². The number of anilines is 2. The van der Waals surface area contributed by atoms with Crippen LogP contribution < -0.4 is 10.1 Å². The van der Waals surface area contributed by atoms with Gasteiger partial charge < -0.3 is 15.2 Å². The molecule has 2 N–H and O–H groups in total. The van der Waals surface area contributed by atoms with Crippen molar-refractivity contribution in [2.75, 3.05) is 5.32 Å². The van der Waals surface area contributed by atoms with Gasteiger partial charge in [-0.1, -0.05) is 12.1 Å². The molecule has 5 rings (SSSR count). The lowest BCUT2D eigenvalue weighted by Gasteiger charge is -2.17. The van der Waals surface area contributed by atoms with Gasteiger partial charge in [-0.25, -0.2) is 4.98 Å². The largest absolute Gasteiger partial charge is 0.453 e. The van der Waals surface area contributed by atoms with Gasteiger partial charge in [0, 0.05) is 29.7 Å². The minimum atomic E-state index is -1.04. The summed E-state index contributed by atoms with van der Waals surface area (Å²) in [5.41, 5.74) is 2.49. The summed E-state index contributed by atoms with van der Waals surface area (Å²) in [5.74, 6) is 1.85. The Morgan fingerprint density at radius 1 is 1.09 bits per heavy atom. The average Bonchev–Trinajstić information content (AvgIpc) is 3.60. The zero-order valence-corrected chi connectivity index (χ0v) is 18.9. The molecule has 1 fully saturated rings.